The molecular formula is C20H29N3O3. The van der Waals surface area contributed by atoms with Gasteiger partial charge in [-0.15, -0.1) is 0 Å². The minimum Gasteiger partial charge on any atom is -0.371 e. The van der Waals surface area contributed by atoms with E-state index in [0.29, 0.717) is 13.2 Å². The highest BCUT2D eigenvalue weighted by atomic mass is 16.5. The fourth-order valence-electron chi connectivity index (χ4n) is 3.68. The smallest absolute Gasteiger partial charge is 0.309 e. The molecule has 1 saturated carbocycles. The largest absolute Gasteiger partial charge is 0.371 e. The van der Waals surface area contributed by atoms with Crippen LogP contribution >= 0.6 is 0 Å². The molecule has 142 valence electrons. The van der Waals surface area contributed by atoms with Gasteiger partial charge in [0.15, 0.2) is 0 Å². The van der Waals surface area contributed by atoms with Gasteiger partial charge in [-0.1, -0.05) is 49.6 Å². The van der Waals surface area contributed by atoms with Gasteiger partial charge in [-0.2, -0.15) is 0 Å². The molecule has 1 aliphatic heterocycles. The van der Waals surface area contributed by atoms with E-state index in [0.717, 1.165) is 45.3 Å². The highest BCUT2D eigenvalue weighted by Crippen LogP contribution is 2.21. The first kappa shape index (κ1) is 18.9. The summed E-state index contributed by atoms with van der Waals surface area (Å²) in [6, 6.07) is 10.3. The number of carbonyl (C=O) groups is 2. The average molecular weight is 359 g/mol. The van der Waals surface area contributed by atoms with Crippen molar-refractivity contribution in [3.05, 3.63) is 35.9 Å². The van der Waals surface area contributed by atoms with E-state index in [-0.39, 0.29) is 12.1 Å². The summed E-state index contributed by atoms with van der Waals surface area (Å²) in [6.45, 7) is 3.50. The molecule has 0 bridgehead atoms. The standard InChI is InChI=1S/C20H29N3O3/c24-19(20(25)22-17-9-5-2-6-10-17)21-11-12-23-13-14-26-18(15-23)16-7-3-1-4-8-16/h1,3-4,7-8,17-18H,2,5-6,9-15H2,(H,21,24)(H,22,25). The number of ether oxygens (including phenoxy) is 1. The van der Waals surface area contributed by atoms with Crippen LogP contribution < -0.4 is 10.6 Å². The number of hydrogen-bond acceptors (Lipinski definition) is 4. The van der Waals surface area contributed by atoms with Crippen LogP contribution in [0.4, 0.5) is 0 Å². The Kier molecular flexibility index (Phi) is 7.03. The number of hydrogen-bond donors (Lipinski definition) is 2. The molecule has 2 fully saturated rings. The monoisotopic (exact) mass is 359 g/mol. The number of amides is 2. The van der Waals surface area contributed by atoms with Crippen molar-refractivity contribution in [1.82, 2.24) is 15.5 Å². The average Bonchev–Trinajstić information content (AvgIpc) is 2.69. The fraction of sp³-hybridized carbons (Fsp3) is 0.600. The van der Waals surface area contributed by atoms with Crippen molar-refractivity contribution in [2.24, 2.45) is 0 Å². The van der Waals surface area contributed by atoms with Crippen LogP contribution in [0.1, 0.15) is 43.8 Å². The summed E-state index contributed by atoms with van der Waals surface area (Å²) in [5.74, 6) is -1.02. The molecule has 2 amide bonds. The Balaban J connectivity index is 1.37. The Hall–Kier alpha value is -1.92. The summed E-state index contributed by atoms with van der Waals surface area (Å²) >= 11 is 0. The van der Waals surface area contributed by atoms with Crippen molar-refractivity contribution < 1.29 is 14.3 Å². The maximum Gasteiger partial charge on any atom is 0.309 e. The molecule has 1 unspecified atom stereocenters. The Labute approximate surface area is 155 Å². The zero-order valence-electron chi connectivity index (χ0n) is 15.3. The molecule has 0 spiro atoms. The van der Waals surface area contributed by atoms with Gasteiger partial charge in [-0.3, -0.25) is 14.5 Å². The molecule has 2 N–H and O–H groups in total. The summed E-state index contributed by atoms with van der Waals surface area (Å²) in [6.07, 6.45) is 5.51. The molecule has 1 atom stereocenters. The second-order valence-corrected chi connectivity index (χ2v) is 7.14. The number of benzene rings is 1. The maximum absolute atomic E-state index is 12.0. The highest BCUT2D eigenvalue weighted by molar-refractivity contribution is 6.35. The Morgan fingerprint density at radius 1 is 1.08 bits per heavy atom. The molecule has 1 aliphatic carbocycles. The third-order valence-electron chi connectivity index (χ3n) is 5.18. The molecule has 2 aliphatic rings. The summed E-state index contributed by atoms with van der Waals surface area (Å²) in [4.78, 5) is 26.2. The summed E-state index contributed by atoms with van der Waals surface area (Å²) in [7, 11) is 0. The molecule has 1 aromatic rings. The topological polar surface area (TPSA) is 70.7 Å². The lowest BCUT2D eigenvalue weighted by Crippen LogP contribution is -2.47. The predicted octanol–water partition coefficient (Wildman–Crippen LogP) is 1.62. The number of carbonyl (C=O) groups excluding carboxylic acids is 2. The van der Waals surface area contributed by atoms with Crippen LogP contribution in [0, 0.1) is 0 Å². The summed E-state index contributed by atoms with van der Waals surface area (Å²) in [5, 5.41) is 5.59. The lowest BCUT2D eigenvalue weighted by Gasteiger charge is -2.33. The van der Waals surface area contributed by atoms with Gasteiger partial charge in [0.05, 0.1) is 12.7 Å². The van der Waals surface area contributed by atoms with E-state index in [4.69, 9.17) is 4.74 Å². The normalized spacial score (nSPS) is 21.9. The van der Waals surface area contributed by atoms with E-state index >= 15 is 0 Å². The molecule has 1 saturated heterocycles. The first-order valence-electron chi connectivity index (χ1n) is 9.70. The van der Waals surface area contributed by atoms with E-state index in [1.54, 1.807) is 0 Å². The number of morpholine rings is 1. The first-order valence-corrected chi connectivity index (χ1v) is 9.70. The molecule has 0 radical (unpaired) electrons. The second kappa shape index (κ2) is 9.69. The van der Waals surface area contributed by atoms with Gasteiger partial charge < -0.3 is 15.4 Å². The van der Waals surface area contributed by atoms with E-state index in [9.17, 15) is 9.59 Å². The Morgan fingerprint density at radius 2 is 1.85 bits per heavy atom. The van der Waals surface area contributed by atoms with E-state index in [1.807, 2.05) is 18.2 Å². The van der Waals surface area contributed by atoms with Crippen molar-refractivity contribution in [3.8, 4) is 0 Å². The maximum atomic E-state index is 12.0. The molecule has 26 heavy (non-hydrogen) atoms. The van der Waals surface area contributed by atoms with Gasteiger partial charge in [0.1, 0.15) is 0 Å². The molecule has 6 heteroatoms. The van der Waals surface area contributed by atoms with Crippen LogP contribution in [0.3, 0.4) is 0 Å². The first-order chi connectivity index (χ1) is 12.7. The Bertz CT molecular complexity index is 587. The van der Waals surface area contributed by atoms with Crippen LogP contribution in [-0.4, -0.2) is 55.5 Å². The number of nitrogens with zero attached hydrogens (tertiary/aromatic N) is 1. The van der Waals surface area contributed by atoms with Crippen molar-refractivity contribution in [1.29, 1.82) is 0 Å². The van der Waals surface area contributed by atoms with E-state index in [1.165, 1.54) is 12.0 Å². The third-order valence-corrected chi connectivity index (χ3v) is 5.18. The molecule has 1 aromatic carbocycles. The molecule has 1 heterocycles. The number of nitrogens with one attached hydrogen (secondary N) is 2. The van der Waals surface area contributed by atoms with Crippen molar-refractivity contribution in [3.63, 3.8) is 0 Å². The van der Waals surface area contributed by atoms with Crippen molar-refractivity contribution in [2.75, 3.05) is 32.8 Å². The van der Waals surface area contributed by atoms with Gasteiger partial charge in [-0.05, 0) is 18.4 Å². The molecular weight excluding hydrogens is 330 g/mol. The van der Waals surface area contributed by atoms with Crippen molar-refractivity contribution in [2.45, 2.75) is 44.2 Å². The van der Waals surface area contributed by atoms with Crippen molar-refractivity contribution >= 4 is 11.8 Å². The summed E-state index contributed by atoms with van der Waals surface area (Å²) in [5.41, 5.74) is 1.17. The quantitative estimate of drug-likeness (QED) is 0.784. The third kappa shape index (κ3) is 5.54. The van der Waals surface area contributed by atoms with Gasteiger partial charge in [0, 0.05) is 32.2 Å². The predicted molar refractivity (Wildman–Crippen MR) is 99.6 cm³/mol. The zero-order chi connectivity index (χ0) is 18.2. The molecule has 6 nitrogen and oxygen atoms in total. The van der Waals surface area contributed by atoms with Gasteiger partial charge in [0.25, 0.3) is 0 Å². The van der Waals surface area contributed by atoms with Crippen LogP contribution in [0.15, 0.2) is 30.3 Å². The van der Waals surface area contributed by atoms with Gasteiger partial charge in [0.2, 0.25) is 0 Å². The van der Waals surface area contributed by atoms with E-state index < -0.39 is 11.8 Å². The van der Waals surface area contributed by atoms with Gasteiger partial charge in [-0.25, -0.2) is 0 Å². The lowest BCUT2D eigenvalue weighted by atomic mass is 9.95. The van der Waals surface area contributed by atoms with E-state index in [2.05, 4.69) is 27.7 Å². The zero-order valence-corrected chi connectivity index (χ0v) is 15.3. The van der Waals surface area contributed by atoms with Crippen LogP contribution in [-0.2, 0) is 14.3 Å². The number of rotatable bonds is 5. The van der Waals surface area contributed by atoms with Crippen LogP contribution in [0.5, 0.6) is 0 Å². The van der Waals surface area contributed by atoms with Gasteiger partial charge >= 0.3 is 11.8 Å². The Morgan fingerprint density at radius 3 is 2.62 bits per heavy atom. The lowest BCUT2D eigenvalue weighted by molar-refractivity contribution is -0.139. The van der Waals surface area contributed by atoms with Crippen LogP contribution in [0.2, 0.25) is 0 Å². The second-order valence-electron chi connectivity index (χ2n) is 7.14. The molecule has 3 rings (SSSR count). The fourth-order valence-corrected chi connectivity index (χ4v) is 3.68. The SMILES string of the molecule is O=C(NCCN1CCOC(c2ccccc2)C1)C(=O)NC1CCCCC1. The molecule has 0 aromatic heterocycles. The highest BCUT2D eigenvalue weighted by Gasteiger charge is 2.23. The minimum atomic E-state index is -0.525. The van der Waals surface area contributed by atoms with Crippen LogP contribution in [0.25, 0.3) is 0 Å². The minimum absolute atomic E-state index is 0.0650. The summed E-state index contributed by atoms with van der Waals surface area (Å²) < 4.78 is 5.85.